The highest BCUT2D eigenvalue weighted by atomic mass is 32.1. The first-order chi connectivity index (χ1) is 7.54. The maximum absolute atomic E-state index is 11.5. The van der Waals surface area contributed by atoms with E-state index in [1.807, 2.05) is 0 Å². The molecule has 0 aliphatic rings. The number of carboxylic acids is 1. The summed E-state index contributed by atoms with van der Waals surface area (Å²) >= 11 is 0.990. The molecule has 0 saturated carbocycles. The van der Waals surface area contributed by atoms with Gasteiger partial charge in [0.05, 0.1) is 0 Å². The Balaban J connectivity index is 2.67. The molecule has 0 aliphatic heterocycles. The summed E-state index contributed by atoms with van der Waals surface area (Å²) in [6, 6.07) is -0.158. The highest BCUT2D eigenvalue weighted by molar-refractivity contribution is 7.11. The van der Waals surface area contributed by atoms with Crippen LogP contribution in [0.5, 0.6) is 0 Å². The molecule has 84 valence electrons. The normalized spacial score (nSPS) is 11.5. The van der Waals surface area contributed by atoms with Crippen molar-refractivity contribution in [1.29, 1.82) is 0 Å². The van der Waals surface area contributed by atoms with E-state index in [2.05, 4.69) is 16.2 Å². The zero-order chi connectivity index (χ0) is 12.1. The molecule has 0 radical (unpaired) electrons. The van der Waals surface area contributed by atoms with Crippen LogP contribution in [0, 0.1) is 12.3 Å². The van der Waals surface area contributed by atoms with Crippen molar-refractivity contribution in [2.24, 2.45) is 0 Å². The second-order valence-corrected chi connectivity index (χ2v) is 3.98. The van der Waals surface area contributed by atoms with E-state index in [0.717, 1.165) is 11.3 Å². The quantitative estimate of drug-likeness (QED) is 0.766. The van der Waals surface area contributed by atoms with Gasteiger partial charge in [0.2, 0.25) is 0 Å². The lowest BCUT2D eigenvalue weighted by molar-refractivity contribution is 0.0691. The van der Waals surface area contributed by atoms with E-state index in [4.69, 9.17) is 11.5 Å². The summed E-state index contributed by atoms with van der Waals surface area (Å²) in [6.45, 7) is 1.77. The molecular formula is C10H10N2O3S. The number of carbonyl (C=O) groups is 2. The zero-order valence-electron chi connectivity index (χ0n) is 8.56. The number of aromatic nitrogens is 1. The van der Waals surface area contributed by atoms with Gasteiger partial charge in [-0.25, -0.2) is 9.78 Å². The lowest BCUT2D eigenvalue weighted by atomic mass is 10.2. The third-order valence-electron chi connectivity index (χ3n) is 1.72. The minimum absolute atomic E-state index is 0.125. The maximum Gasteiger partial charge on any atom is 0.355 e. The fraction of sp³-hybridized carbons (Fsp3) is 0.300. The third kappa shape index (κ3) is 3.07. The van der Waals surface area contributed by atoms with Gasteiger partial charge in [-0.1, -0.05) is 0 Å². The Hall–Kier alpha value is -1.87. The standard InChI is InChI=1S/C10H10N2O3S/c1-3-4-6(2)11-8(13)9-12-7(5-16-9)10(14)15/h1,5-6H,4H2,2H3,(H,11,13)(H,14,15). The van der Waals surface area contributed by atoms with Gasteiger partial charge in [0.25, 0.3) is 5.91 Å². The monoisotopic (exact) mass is 238 g/mol. The molecule has 1 aromatic rings. The highest BCUT2D eigenvalue weighted by Crippen LogP contribution is 2.09. The molecule has 1 amide bonds. The van der Waals surface area contributed by atoms with Crippen LogP contribution < -0.4 is 5.32 Å². The van der Waals surface area contributed by atoms with Crippen molar-refractivity contribution in [3.05, 3.63) is 16.1 Å². The van der Waals surface area contributed by atoms with Gasteiger partial charge in [-0.15, -0.1) is 23.7 Å². The van der Waals surface area contributed by atoms with Crippen LogP contribution in [0.1, 0.15) is 33.6 Å². The molecule has 0 fully saturated rings. The predicted molar refractivity (Wildman–Crippen MR) is 59.5 cm³/mol. The van der Waals surface area contributed by atoms with Gasteiger partial charge < -0.3 is 10.4 Å². The van der Waals surface area contributed by atoms with Crippen LogP contribution in [0.3, 0.4) is 0 Å². The number of hydrogen-bond acceptors (Lipinski definition) is 4. The Bertz CT molecular complexity index is 447. The van der Waals surface area contributed by atoms with Crippen molar-refractivity contribution in [3.8, 4) is 12.3 Å². The van der Waals surface area contributed by atoms with Crippen LogP contribution in [0.15, 0.2) is 5.38 Å². The Kier molecular flexibility index (Phi) is 4.03. The van der Waals surface area contributed by atoms with Crippen LogP contribution in [-0.4, -0.2) is 28.0 Å². The van der Waals surface area contributed by atoms with Crippen LogP contribution in [0.2, 0.25) is 0 Å². The molecule has 16 heavy (non-hydrogen) atoms. The topological polar surface area (TPSA) is 79.3 Å². The molecule has 5 nitrogen and oxygen atoms in total. The first-order valence-corrected chi connectivity index (χ1v) is 5.35. The van der Waals surface area contributed by atoms with Gasteiger partial charge in [0.1, 0.15) is 0 Å². The van der Waals surface area contributed by atoms with Gasteiger partial charge in [-0.3, -0.25) is 4.79 Å². The third-order valence-corrected chi connectivity index (χ3v) is 2.56. The molecule has 1 unspecified atom stereocenters. The van der Waals surface area contributed by atoms with Crippen LogP contribution in [-0.2, 0) is 0 Å². The number of terminal acetylenes is 1. The second-order valence-electron chi connectivity index (χ2n) is 3.13. The van der Waals surface area contributed by atoms with Gasteiger partial charge >= 0.3 is 5.97 Å². The second kappa shape index (κ2) is 5.28. The van der Waals surface area contributed by atoms with E-state index >= 15 is 0 Å². The van der Waals surface area contributed by atoms with Crippen molar-refractivity contribution in [2.75, 3.05) is 0 Å². The zero-order valence-corrected chi connectivity index (χ0v) is 9.37. The summed E-state index contributed by atoms with van der Waals surface area (Å²) in [5, 5.41) is 12.7. The average Bonchev–Trinajstić information content (AvgIpc) is 2.66. The van der Waals surface area contributed by atoms with Crippen molar-refractivity contribution in [3.63, 3.8) is 0 Å². The van der Waals surface area contributed by atoms with E-state index in [1.54, 1.807) is 6.92 Å². The van der Waals surface area contributed by atoms with Crippen molar-refractivity contribution < 1.29 is 14.7 Å². The summed E-state index contributed by atoms with van der Waals surface area (Å²) in [7, 11) is 0. The van der Waals surface area contributed by atoms with Crippen molar-refractivity contribution in [1.82, 2.24) is 10.3 Å². The highest BCUT2D eigenvalue weighted by Gasteiger charge is 2.15. The lowest BCUT2D eigenvalue weighted by Gasteiger charge is -2.08. The Morgan fingerprint density at radius 1 is 1.75 bits per heavy atom. The SMILES string of the molecule is C#CCC(C)NC(=O)c1nc(C(=O)O)cs1. The molecule has 1 heterocycles. The lowest BCUT2D eigenvalue weighted by Crippen LogP contribution is -2.32. The first-order valence-electron chi connectivity index (χ1n) is 4.47. The minimum Gasteiger partial charge on any atom is -0.476 e. The fourth-order valence-electron chi connectivity index (χ4n) is 0.990. The molecule has 0 spiro atoms. The van der Waals surface area contributed by atoms with Crippen molar-refractivity contribution in [2.45, 2.75) is 19.4 Å². The number of nitrogens with one attached hydrogen (secondary N) is 1. The van der Waals surface area contributed by atoms with Gasteiger partial charge in [0, 0.05) is 17.8 Å². The Morgan fingerprint density at radius 2 is 2.44 bits per heavy atom. The number of rotatable bonds is 4. The molecule has 0 bridgehead atoms. The van der Waals surface area contributed by atoms with Gasteiger partial charge in [-0.2, -0.15) is 0 Å². The average molecular weight is 238 g/mol. The molecule has 2 N–H and O–H groups in total. The molecule has 1 aromatic heterocycles. The summed E-state index contributed by atoms with van der Waals surface area (Å²) in [6.07, 6.45) is 5.52. The Morgan fingerprint density at radius 3 is 2.94 bits per heavy atom. The molecular weight excluding hydrogens is 228 g/mol. The summed E-state index contributed by atoms with van der Waals surface area (Å²) in [4.78, 5) is 25.8. The Labute approximate surface area is 96.5 Å². The van der Waals surface area contributed by atoms with E-state index < -0.39 is 11.9 Å². The first kappa shape index (κ1) is 12.2. The fourth-order valence-corrected chi connectivity index (χ4v) is 1.68. The van der Waals surface area contributed by atoms with Gasteiger partial charge in [0.15, 0.2) is 10.7 Å². The smallest absolute Gasteiger partial charge is 0.355 e. The molecule has 1 rings (SSSR count). The largest absolute Gasteiger partial charge is 0.476 e. The van der Waals surface area contributed by atoms with Gasteiger partial charge in [-0.05, 0) is 6.92 Å². The van der Waals surface area contributed by atoms with E-state index in [9.17, 15) is 9.59 Å². The summed E-state index contributed by atoms with van der Waals surface area (Å²) < 4.78 is 0. The number of hydrogen-bond donors (Lipinski definition) is 2. The van der Waals surface area contributed by atoms with Crippen LogP contribution >= 0.6 is 11.3 Å². The minimum atomic E-state index is -1.15. The predicted octanol–water partition coefficient (Wildman–Crippen LogP) is 0.983. The number of amides is 1. The number of carboxylic acid groups (broad SMARTS) is 1. The number of thiazole rings is 1. The maximum atomic E-state index is 11.5. The molecule has 0 aliphatic carbocycles. The van der Waals surface area contributed by atoms with E-state index in [1.165, 1.54) is 5.38 Å². The van der Waals surface area contributed by atoms with E-state index in [-0.39, 0.29) is 16.7 Å². The van der Waals surface area contributed by atoms with E-state index in [0.29, 0.717) is 6.42 Å². The number of nitrogens with zero attached hydrogens (tertiary/aromatic N) is 1. The van der Waals surface area contributed by atoms with Crippen molar-refractivity contribution >= 4 is 23.2 Å². The number of aromatic carboxylic acids is 1. The van der Waals surface area contributed by atoms with Crippen LogP contribution in [0.25, 0.3) is 0 Å². The summed E-state index contributed by atoms with van der Waals surface area (Å²) in [5.41, 5.74) is -0.125. The molecule has 0 saturated heterocycles. The van der Waals surface area contributed by atoms with Crippen LogP contribution in [0.4, 0.5) is 0 Å². The molecule has 6 heteroatoms. The summed E-state index contributed by atoms with van der Waals surface area (Å²) in [5.74, 6) is 0.873. The molecule has 0 aromatic carbocycles. The molecule has 1 atom stereocenters. The number of carbonyl (C=O) groups excluding carboxylic acids is 1.